The lowest BCUT2D eigenvalue weighted by Gasteiger charge is -2.27. The Morgan fingerprint density at radius 2 is 1.82 bits per heavy atom. The first-order chi connectivity index (χ1) is 13.0. The van der Waals surface area contributed by atoms with Crippen LogP contribution in [-0.2, 0) is 12.0 Å². The predicted octanol–water partition coefficient (Wildman–Crippen LogP) is 3.75. The molecule has 0 fully saturated rings. The number of ether oxygens (including phenoxy) is 2. The molecule has 28 heavy (non-hydrogen) atoms. The van der Waals surface area contributed by atoms with E-state index in [-0.39, 0.29) is 29.4 Å². The monoisotopic (exact) mass is 498 g/mol. The second-order valence-electron chi connectivity index (χ2n) is 6.82. The second-order valence-corrected chi connectivity index (χ2v) is 6.82. The summed E-state index contributed by atoms with van der Waals surface area (Å²) in [5, 5.41) is 6.72. The molecule has 1 aromatic carbocycles. The van der Waals surface area contributed by atoms with E-state index in [0.29, 0.717) is 6.54 Å². The number of hydrogen-bond donors (Lipinski definition) is 2. The normalized spacial score (nSPS) is 11.4. The molecule has 7 heteroatoms. The van der Waals surface area contributed by atoms with E-state index in [2.05, 4.69) is 47.4 Å². The maximum atomic E-state index is 5.44. The van der Waals surface area contributed by atoms with Gasteiger partial charge in [-0.2, -0.15) is 0 Å². The molecule has 0 unspecified atom stereocenters. The van der Waals surface area contributed by atoms with Gasteiger partial charge in [-0.3, -0.25) is 4.98 Å². The van der Waals surface area contributed by atoms with Gasteiger partial charge in [-0.15, -0.1) is 24.0 Å². The molecule has 0 aliphatic carbocycles. The largest absolute Gasteiger partial charge is 0.493 e. The van der Waals surface area contributed by atoms with Crippen LogP contribution in [0.3, 0.4) is 0 Å². The number of hydrogen-bond acceptors (Lipinski definition) is 4. The Balaban J connectivity index is 0.00000392. The lowest BCUT2D eigenvalue weighted by Crippen LogP contribution is -2.43. The van der Waals surface area contributed by atoms with E-state index >= 15 is 0 Å². The Morgan fingerprint density at radius 3 is 2.43 bits per heavy atom. The number of pyridine rings is 1. The number of guanidine groups is 1. The molecule has 2 N–H and O–H groups in total. The van der Waals surface area contributed by atoms with Crippen LogP contribution in [0.1, 0.15) is 32.0 Å². The van der Waals surface area contributed by atoms with Gasteiger partial charge in [0.15, 0.2) is 17.5 Å². The summed E-state index contributed by atoms with van der Waals surface area (Å²) in [5.74, 6) is 2.24. The molecule has 2 rings (SSSR count). The van der Waals surface area contributed by atoms with Gasteiger partial charge in [-0.05, 0) is 36.8 Å². The second kappa shape index (κ2) is 11.7. The maximum absolute atomic E-state index is 5.44. The highest BCUT2D eigenvalue weighted by Crippen LogP contribution is 2.32. The van der Waals surface area contributed by atoms with E-state index in [4.69, 9.17) is 9.47 Å². The quantitative estimate of drug-likeness (QED) is 0.330. The van der Waals surface area contributed by atoms with Crippen molar-refractivity contribution in [3.8, 4) is 11.5 Å². The molecule has 0 atom stereocenters. The summed E-state index contributed by atoms with van der Waals surface area (Å²) in [7, 11) is 3.30. The lowest BCUT2D eigenvalue weighted by molar-refractivity contribution is 0.353. The first kappa shape index (κ1) is 24.0. The van der Waals surface area contributed by atoms with Crippen LogP contribution in [0, 0.1) is 0 Å². The van der Waals surface area contributed by atoms with Crippen LogP contribution in [-0.4, -0.2) is 38.3 Å². The van der Waals surface area contributed by atoms with Gasteiger partial charge in [0.05, 0.1) is 26.5 Å². The van der Waals surface area contributed by atoms with E-state index in [9.17, 15) is 0 Å². The van der Waals surface area contributed by atoms with E-state index in [1.807, 2.05) is 30.3 Å². The molecule has 1 heterocycles. The van der Waals surface area contributed by atoms with Crippen molar-refractivity contribution >= 4 is 29.9 Å². The molecule has 0 bridgehead atoms. The number of aromatic nitrogens is 1. The summed E-state index contributed by atoms with van der Waals surface area (Å²) in [6.45, 7) is 8.47. The van der Waals surface area contributed by atoms with Crippen LogP contribution < -0.4 is 20.1 Å². The first-order valence-corrected chi connectivity index (χ1v) is 9.14. The molecule has 0 amide bonds. The van der Waals surface area contributed by atoms with Crippen molar-refractivity contribution in [1.29, 1.82) is 0 Å². The van der Waals surface area contributed by atoms with Gasteiger partial charge in [-0.1, -0.05) is 26.0 Å². The summed E-state index contributed by atoms with van der Waals surface area (Å²) in [6, 6.07) is 11.9. The topological polar surface area (TPSA) is 67.8 Å². The molecule has 0 saturated heterocycles. The minimum Gasteiger partial charge on any atom is -0.493 e. The number of benzene rings is 1. The SMILES string of the molecule is CCNC(=NCc1ccccn1)NCC(C)(C)c1ccc(OC)c(OC)c1.I. The average Bonchev–Trinajstić information content (AvgIpc) is 2.70. The molecule has 154 valence electrons. The van der Waals surface area contributed by atoms with Gasteiger partial charge in [0.2, 0.25) is 0 Å². The van der Waals surface area contributed by atoms with Gasteiger partial charge in [-0.25, -0.2) is 4.99 Å². The predicted molar refractivity (Wildman–Crippen MR) is 125 cm³/mol. The third kappa shape index (κ3) is 6.85. The van der Waals surface area contributed by atoms with E-state index in [1.165, 1.54) is 0 Å². The molecule has 0 radical (unpaired) electrons. The van der Waals surface area contributed by atoms with Crippen LogP contribution in [0.15, 0.2) is 47.6 Å². The zero-order valence-electron chi connectivity index (χ0n) is 17.3. The Labute approximate surface area is 185 Å². The molecular formula is C21H31IN4O2. The molecule has 6 nitrogen and oxygen atoms in total. The zero-order chi connectivity index (χ0) is 19.7. The van der Waals surface area contributed by atoms with Gasteiger partial charge in [0, 0.05) is 24.7 Å². The summed E-state index contributed by atoms with van der Waals surface area (Å²) in [6.07, 6.45) is 1.78. The van der Waals surface area contributed by atoms with Crippen LogP contribution in [0.25, 0.3) is 0 Å². The van der Waals surface area contributed by atoms with Crippen LogP contribution in [0.4, 0.5) is 0 Å². The number of methoxy groups -OCH3 is 2. The van der Waals surface area contributed by atoms with Crippen molar-refractivity contribution < 1.29 is 9.47 Å². The lowest BCUT2D eigenvalue weighted by atomic mass is 9.84. The minimum absolute atomic E-state index is 0. The van der Waals surface area contributed by atoms with Crippen molar-refractivity contribution in [3.05, 3.63) is 53.9 Å². The van der Waals surface area contributed by atoms with Gasteiger partial charge in [0.1, 0.15) is 0 Å². The average molecular weight is 498 g/mol. The summed E-state index contributed by atoms with van der Waals surface area (Å²) in [4.78, 5) is 8.94. The van der Waals surface area contributed by atoms with Crippen LogP contribution in [0.2, 0.25) is 0 Å². The molecule has 2 aromatic rings. The Bertz CT molecular complexity index is 751. The fraction of sp³-hybridized carbons (Fsp3) is 0.429. The van der Waals surface area contributed by atoms with Crippen molar-refractivity contribution in [2.75, 3.05) is 27.3 Å². The Kier molecular flexibility index (Phi) is 10.1. The first-order valence-electron chi connectivity index (χ1n) is 9.14. The molecular weight excluding hydrogens is 467 g/mol. The highest BCUT2D eigenvalue weighted by molar-refractivity contribution is 14.0. The fourth-order valence-electron chi connectivity index (χ4n) is 2.66. The molecule has 0 aliphatic heterocycles. The third-order valence-electron chi connectivity index (χ3n) is 4.33. The van der Waals surface area contributed by atoms with E-state index in [0.717, 1.165) is 41.8 Å². The number of nitrogens with zero attached hydrogens (tertiary/aromatic N) is 2. The maximum Gasteiger partial charge on any atom is 0.191 e. The van der Waals surface area contributed by atoms with Crippen molar-refractivity contribution in [2.45, 2.75) is 32.7 Å². The summed E-state index contributed by atoms with van der Waals surface area (Å²) in [5.41, 5.74) is 1.97. The summed E-state index contributed by atoms with van der Waals surface area (Å²) >= 11 is 0. The van der Waals surface area contributed by atoms with Gasteiger partial charge in [0.25, 0.3) is 0 Å². The van der Waals surface area contributed by atoms with Crippen LogP contribution >= 0.6 is 24.0 Å². The standard InChI is InChI=1S/C21H30N4O2.HI/c1-6-22-20(24-14-17-9-7-8-12-23-17)25-15-21(2,3)16-10-11-18(26-4)19(13-16)27-5;/h7-13H,6,14-15H2,1-5H3,(H2,22,24,25);1H. The third-order valence-corrected chi connectivity index (χ3v) is 4.33. The number of nitrogens with one attached hydrogen (secondary N) is 2. The molecule has 1 aromatic heterocycles. The fourth-order valence-corrected chi connectivity index (χ4v) is 2.66. The highest BCUT2D eigenvalue weighted by Gasteiger charge is 2.22. The smallest absolute Gasteiger partial charge is 0.191 e. The van der Waals surface area contributed by atoms with Crippen LogP contribution in [0.5, 0.6) is 11.5 Å². The van der Waals surface area contributed by atoms with E-state index in [1.54, 1.807) is 20.4 Å². The minimum atomic E-state index is -0.124. The highest BCUT2D eigenvalue weighted by atomic mass is 127. The Hall–Kier alpha value is -2.03. The molecule has 0 spiro atoms. The zero-order valence-corrected chi connectivity index (χ0v) is 19.6. The van der Waals surface area contributed by atoms with Crippen molar-refractivity contribution in [1.82, 2.24) is 15.6 Å². The van der Waals surface area contributed by atoms with Gasteiger partial charge >= 0.3 is 0 Å². The molecule has 0 saturated carbocycles. The Morgan fingerprint density at radius 1 is 1.07 bits per heavy atom. The van der Waals surface area contributed by atoms with Gasteiger partial charge < -0.3 is 20.1 Å². The number of aliphatic imine (C=N–C) groups is 1. The van der Waals surface area contributed by atoms with Crippen molar-refractivity contribution in [3.63, 3.8) is 0 Å². The number of halogens is 1. The number of rotatable bonds is 8. The van der Waals surface area contributed by atoms with E-state index < -0.39 is 0 Å². The molecule has 0 aliphatic rings. The summed E-state index contributed by atoms with van der Waals surface area (Å²) < 4.78 is 10.8. The van der Waals surface area contributed by atoms with Crippen molar-refractivity contribution in [2.24, 2.45) is 4.99 Å².